The Morgan fingerprint density at radius 2 is 2.11 bits per heavy atom. The zero-order chi connectivity index (χ0) is 13.3. The van der Waals surface area contributed by atoms with E-state index in [2.05, 4.69) is 0 Å². The molecule has 0 spiro atoms. The molecule has 0 radical (unpaired) electrons. The van der Waals surface area contributed by atoms with Crippen LogP contribution >= 0.6 is 35.7 Å². The molecule has 0 N–H and O–H groups in total. The summed E-state index contributed by atoms with van der Waals surface area (Å²) >= 11 is 7.59. The van der Waals surface area contributed by atoms with E-state index in [0.29, 0.717) is 27.1 Å². The first-order valence-electron chi connectivity index (χ1n) is 5.24. The second-order valence-electron chi connectivity index (χ2n) is 3.51. The number of nitrogens with zero attached hydrogens (tertiary/aromatic N) is 2. The molecule has 0 aromatic rings. The number of thiocarbonyl (C=S) groups is 1. The molecular weight excluding hydrogens is 292 g/mol. The van der Waals surface area contributed by atoms with Gasteiger partial charge in [0.15, 0.2) is 0 Å². The lowest BCUT2D eigenvalue weighted by molar-refractivity contribution is -0.127. The molecule has 2 aliphatic heterocycles. The Balaban J connectivity index is 2.36. The first-order valence-corrected chi connectivity index (χ1v) is 7.46. The zero-order valence-electron chi connectivity index (χ0n) is 9.54. The Morgan fingerprint density at radius 3 is 2.67 bits per heavy atom. The molecule has 2 aliphatic rings. The number of likely N-dealkylation sites (N-methyl/N-ethyl adjacent to an activating group) is 1. The number of carbonyl (C=O) groups is 3. The van der Waals surface area contributed by atoms with Crippen LogP contribution in [0, 0.1) is 0 Å². The standard InChI is InChI=1S/C10H10N2O3S3/c1-2-11-8(15)7(18-10(11)16)9-12(3-4-13)6(14)5-17-9/h4H,2-3,5H2,1H3/b9-7+. The van der Waals surface area contributed by atoms with E-state index in [-0.39, 0.29) is 24.1 Å². The van der Waals surface area contributed by atoms with Gasteiger partial charge >= 0.3 is 0 Å². The van der Waals surface area contributed by atoms with Crippen LogP contribution in [0.25, 0.3) is 0 Å². The van der Waals surface area contributed by atoms with Gasteiger partial charge in [-0.2, -0.15) is 0 Å². The summed E-state index contributed by atoms with van der Waals surface area (Å²) in [6.07, 6.45) is 0.657. The van der Waals surface area contributed by atoms with Crippen LogP contribution in [-0.4, -0.2) is 51.1 Å². The van der Waals surface area contributed by atoms with Gasteiger partial charge in [0.05, 0.1) is 17.3 Å². The lowest BCUT2D eigenvalue weighted by atomic mass is 10.4. The fourth-order valence-corrected chi connectivity index (χ4v) is 4.27. The van der Waals surface area contributed by atoms with E-state index in [4.69, 9.17) is 12.2 Å². The van der Waals surface area contributed by atoms with E-state index in [1.807, 2.05) is 6.92 Å². The SMILES string of the molecule is CCN1C(=O)/C(=C2\SCC(=O)N2CC=O)SC1=S. The largest absolute Gasteiger partial charge is 0.301 e. The molecule has 2 rings (SSSR count). The Bertz CT molecular complexity index is 475. The van der Waals surface area contributed by atoms with E-state index >= 15 is 0 Å². The maximum Gasteiger partial charge on any atom is 0.268 e. The summed E-state index contributed by atoms with van der Waals surface area (Å²) in [6.45, 7) is 2.33. The van der Waals surface area contributed by atoms with Gasteiger partial charge in [0.25, 0.3) is 5.91 Å². The normalized spacial score (nSPS) is 24.4. The van der Waals surface area contributed by atoms with Gasteiger partial charge in [0, 0.05) is 6.54 Å². The van der Waals surface area contributed by atoms with E-state index in [9.17, 15) is 14.4 Å². The number of rotatable bonds is 3. The minimum Gasteiger partial charge on any atom is -0.301 e. The minimum absolute atomic E-state index is 0.0165. The van der Waals surface area contributed by atoms with Gasteiger partial charge in [0.1, 0.15) is 15.5 Å². The van der Waals surface area contributed by atoms with Crippen LogP contribution in [0.15, 0.2) is 9.93 Å². The van der Waals surface area contributed by atoms with Crippen LogP contribution in [-0.2, 0) is 14.4 Å². The molecule has 0 unspecified atom stereocenters. The van der Waals surface area contributed by atoms with Crippen molar-refractivity contribution in [3.05, 3.63) is 9.93 Å². The molecule has 8 heteroatoms. The highest BCUT2D eigenvalue weighted by Crippen LogP contribution is 2.41. The van der Waals surface area contributed by atoms with Crippen molar-refractivity contribution < 1.29 is 14.4 Å². The van der Waals surface area contributed by atoms with Crippen molar-refractivity contribution in [3.8, 4) is 0 Å². The van der Waals surface area contributed by atoms with E-state index in [1.54, 1.807) is 0 Å². The van der Waals surface area contributed by atoms with E-state index in [1.165, 1.54) is 33.3 Å². The second-order valence-corrected chi connectivity index (χ2v) is 6.12. The average molecular weight is 302 g/mol. The minimum atomic E-state index is -0.180. The van der Waals surface area contributed by atoms with Crippen molar-refractivity contribution >= 4 is 58.2 Å². The molecule has 2 saturated heterocycles. The third kappa shape index (κ3) is 2.19. The van der Waals surface area contributed by atoms with Crippen molar-refractivity contribution in [2.45, 2.75) is 6.92 Å². The molecular formula is C10H10N2O3S3. The number of carbonyl (C=O) groups excluding carboxylic acids is 3. The first kappa shape index (κ1) is 13.6. The van der Waals surface area contributed by atoms with Crippen molar-refractivity contribution in [2.24, 2.45) is 0 Å². The number of hydrogen-bond acceptors (Lipinski definition) is 6. The highest BCUT2D eigenvalue weighted by molar-refractivity contribution is 8.27. The summed E-state index contributed by atoms with van der Waals surface area (Å²) in [7, 11) is 0. The van der Waals surface area contributed by atoms with Crippen LogP contribution in [0.1, 0.15) is 6.92 Å². The summed E-state index contributed by atoms with van der Waals surface area (Å²) in [4.78, 5) is 37.6. The number of amides is 2. The molecule has 0 atom stereocenters. The summed E-state index contributed by atoms with van der Waals surface area (Å²) < 4.78 is 0.496. The van der Waals surface area contributed by atoms with Gasteiger partial charge < -0.3 is 4.79 Å². The van der Waals surface area contributed by atoms with Crippen LogP contribution in [0.5, 0.6) is 0 Å². The van der Waals surface area contributed by atoms with Crippen molar-refractivity contribution in [1.82, 2.24) is 9.80 Å². The topological polar surface area (TPSA) is 57.7 Å². The van der Waals surface area contributed by atoms with Crippen LogP contribution in [0.3, 0.4) is 0 Å². The fourth-order valence-electron chi connectivity index (χ4n) is 1.65. The summed E-state index contributed by atoms with van der Waals surface area (Å²) in [6, 6.07) is 0. The molecule has 96 valence electrons. The van der Waals surface area contributed by atoms with Gasteiger partial charge in [-0.3, -0.25) is 19.4 Å². The van der Waals surface area contributed by atoms with Gasteiger partial charge in [0.2, 0.25) is 5.91 Å². The quantitative estimate of drug-likeness (QED) is 0.437. The monoisotopic (exact) mass is 302 g/mol. The van der Waals surface area contributed by atoms with Gasteiger partial charge in [-0.05, 0) is 6.92 Å². The molecule has 0 bridgehead atoms. The summed E-state index contributed by atoms with van der Waals surface area (Å²) in [5.74, 6) is -0.0659. The van der Waals surface area contributed by atoms with Crippen molar-refractivity contribution in [3.63, 3.8) is 0 Å². The Kier molecular flexibility index (Phi) is 4.08. The summed E-state index contributed by atoms with van der Waals surface area (Å²) in [5.41, 5.74) is 0. The molecule has 2 amide bonds. The average Bonchev–Trinajstić information content (AvgIpc) is 2.82. The maximum atomic E-state index is 12.1. The van der Waals surface area contributed by atoms with Crippen molar-refractivity contribution in [2.75, 3.05) is 18.8 Å². The highest BCUT2D eigenvalue weighted by atomic mass is 32.2. The molecule has 5 nitrogen and oxygen atoms in total. The first-order chi connectivity index (χ1) is 8.60. The van der Waals surface area contributed by atoms with E-state index < -0.39 is 0 Å². The molecule has 0 saturated carbocycles. The molecule has 0 aliphatic carbocycles. The predicted molar refractivity (Wildman–Crippen MR) is 74.8 cm³/mol. The zero-order valence-corrected chi connectivity index (χ0v) is 12.0. The number of thioether (sulfide) groups is 2. The Hall–Kier alpha value is -0.860. The smallest absolute Gasteiger partial charge is 0.268 e. The number of hydrogen-bond donors (Lipinski definition) is 0. The lowest BCUT2D eigenvalue weighted by Gasteiger charge is -2.15. The van der Waals surface area contributed by atoms with Crippen LogP contribution in [0.2, 0.25) is 0 Å². The molecule has 0 aromatic carbocycles. The highest BCUT2D eigenvalue weighted by Gasteiger charge is 2.38. The molecule has 18 heavy (non-hydrogen) atoms. The second kappa shape index (κ2) is 5.41. The summed E-state index contributed by atoms with van der Waals surface area (Å²) in [5, 5.41) is 0.556. The Labute approximate surface area is 118 Å². The van der Waals surface area contributed by atoms with E-state index in [0.717, 1.165) is 0 Å². The fraction of sp³-hybridized carbons (Fsp3) is 0.400. The molecule has 0 aromatic heterocycles. The van der Waals surface area contributed by atoms with Gasteiger partial charge in [-0.15, -0.1) is 0 Å². The third-order valence-electron chi connectivity index (χ3n) is 2.50. The lowest BCUT2D eigenvalue weighted by Crippen LogP contribution is -2.30. The molecule has 2 fully saturated rings. The van der Waals surface area contributed by atoms with Gasteiger partial charge in [-0.25, -0.2) is 0 Å². The van der Waals surface area contributed by atoms with Crippen LogP contribution in [0.4, 0.5) is 0 Å². The maximum absolute atomic E-state index is 12.1. The predicted octanol–water partition coefficient (Wildman–Crippen LogP) is 0.810. The van der Waals surface area contributed by atoms with Crippen molar-refractivity contribution in [1.29, 1.82) is 0 Å². The molecule has 2 heterocycles. The Morgan fingerprint density at radius 1 is 1.39 bits per heavy atom. The number of aldehydes is 1. The third-order valence-corrected chi connectivity index (χ3v) is 5.15. The van der Waals surface area contributed by atoms with Gasteiger partial charge in [-0.1, -0.05) is 35.7 Å². The van der Waals surface area contributed by atoms with Crippen LogP contribution < -0.4 is 0 Å².